The fourth-order valence-electron chi connectivity index (χ4n) is 7.99. The standard InChI is InChI=1S/C42H43FN3O10PS/c1-51-31-19-15-29(16-20-31)42(28-10-5-3-6-11-28,30-17-21-32(52-2)22-18-30)53-26-35-39(38(43)40(54-35)46-37(47)23-24-44-41(46)48)56-57-45-25-9-14-34(45)36(55-57)27-58(49,50)33-12-7-4-8-13-33/h3-8,10-13,15-24,34-36,38-40H,9,14,25-27H2,1-2H3,(H,44,48)/t34-,35+,36+,38-,39+,40-,57-/m0/s1. The molecule has 0 saturated carbocycles. The van der Waals surface area contributed by atoms with Gasteiger partial charge in [0.1, 0.15) is 29.3 Å². The molecule has 0 bridgehead atoms. The molecule has 0 aliphatic carbocycles. The topological polar surface area (TPSA) is 148 Å². The van der Waals surface area contributed by atoms with Crippen molar-refractivity contribution in [3.05, 3.63) is 159 Å². The number of aromatic nitrogens is 2. The predicted octanol–water partition coefficient (Wildman–Crippen LogP) is 5.75. The summed E-state index contributed by atoms with van der Waals surface area (Å²) in [6, 6.07) is 33.4. The minimum absolute atomic E-state index is 0.183. The van der Waals surface area contributed by atoms with Crippen LogP contribution in [0, 0.1) is 0 Å². The van der Waals surface area contributed by atoms with Gasteiger partial charge in [0.05, 0.1) is 37.6 Å². The molecule has 3 aliphatic rings. The highest BCUT2D eigenvalue weighted by atomic mass is 32.2. The Balaban J connectivity index is 1.16. The van der Waals surface area contributed by atoms with Crippen LogP contribution in [0.2, 0.25) is 0 Å². The lowest BCUT2D eigenvalue weighted by Crippen LogP contribution is -2.41. The first kappa shape index (κ1) is 40.1. The number of hydrogen-bond acceptors (Lipinski definition) is 11. The van der Waals surface area contributed by atoms with Gasteiger partial charge in [-0.05, 0) is 65.9 Å². The molecular weight excluding hydrogens is 789 g/mol. The number of halogens is 1. The summed E-state index contributed by atoms with van der Waals surface area (Å²) >= 11 is 0. The fourth-order valence-corrected chi connectivity index (χ4v) is 11.6. The first-order valence-electron chi connectivity index (χ1n) is 18.9. The van der Waals surface area contributed by atoms with Crippen molar-refractivity contribution in [3.8, 4) is 11.5 Å². The molecule has 7 atom stereocenters. The van der Waals surface area contributed by atoms with Gasteiger partial charge in [0.15, 0.2) is 22.2 Å². The van der Waals surface area contributed by atoms with Crippen LogP contribution in [0.3, 0.4) is 0 Å². The van der Waals surface area contributed by atoms with Crippen LogP contribution < -0.4 is 20.7 Å². The van der Waals surface area contributed by atoms with Gasteiger partial charge in [0.2, 0.25) is 0 Å². The summed E-state index contributed by atoms with van der Waals surface area (Å²) < 4.78 is 84.0. The number of nitrogens with one attached hydrogen (secondary N) is 1. The van der Waals surface area contributed by atoms with Crippen LogP contribution in [-0.2, 0) is 34.0 Å². The quantitative estimate of drug-likeness (QED) is 0.108. The molecule has 4 heterocycles. The number of hydrogen-bond donors (Lipinski definition) is 1. The van der Waals surface area contributed by atoms with Crippen molar-refractivity contribution in [2.45, 2.75) is 60.1 Å². The van der Waals surface area contributed by atoms with E-state index in [0.717, 1.165) is 29.2 Å². The maximum Gasteiger partial charge on any atom is 0.330 e. The second kappa shape index (κ2) is 16.9. The number of ether oxygens (including phenoxy) is 4. The Morgan fingerprint density at radius 2 is 1.43 bits per heavy atom. The molecule has 8 rings (SSSR count). The summed E-state index contributed by atoms with van der Waals surface area (Å²) in [6.07, 6.45) is -4.43. The number of rotatable bonds is 14. The van der Waals surface area contributed by atoms with E-state index >= 15 is 4.39 Å². The number of aromatic amines is 1. The Morgan fingerprint density at radius 1 is 0.828 bits per heavy atom. The van der Waals surface area contributed by atoms with Crippen molar-refractivity contribution in [2.75, 3.05) is 33.1 Å². The third-order valence-corrected chi connectivity index (χ3v) is 14.4. The van der Waals surface area contributed by atoms with Crippen molar-refractivity contribution in [3.63, 3.8) is 0 Å². The van der Waals surface area contributed by atoms with E-state index in [0.29, 0.717) is 29.0 Å². The van der Waals surface area contributed by atoms with E-state index in [-0.39, 0.29) is 23.3 Å². The average molecular weight is 832 g/mol. The number of nitrogens with zero attached hydrogens (tertiary/aromatic N) is 2. The van der Waals surface area contributed by atoms with Gasteiger partial charge in [-0.15, -0.1) is 0 Å². The second-order valence-electron chi connectivity index (χ2n) is 14.2. The Labute approximate surface area is 336 Å². The van der Waals surface area contributed by atoms with Gasteiger partial charge in [0.25, 0.3) is 14.1 Å². The number of fused-ring (bicyclic) bond motifs is 1. The van der Waals surface area contributed by atoms with Crippen LogP contribution in [0.1, 0.15) is 35.8 Å². The van der Waals surface area contributed by atoms with Gasteiger partial charge < -0.3 is 33.0 Å². The van der Waals surface area contributed by atoms with Gasteiger partial charge in [0, 0.05) is 24.8 Å². The van der Waals surface area contributed by atoms with E-state index in [1.165, 1.54) is 6.20 Å². The zero-order valence-corrected chi connectivity index (χ0v) is 33.5. The van der Waals surface area contributed by atoms with Crippen LogP contribution >= 0.6 is 8.53 Å². The molecule has 0 spiro atoms. The van der Waals surface area contributed by atoms with Crippen molar-refractivity contribution >= 4 is 18.4 Å². The molecule has 4 aromatic carbocycles. The van der Waals surface area contributed by atoms with Crippen LogP contribution in [0.4, 0.5) is 4.39 Å². The molecule has 1 aromatic heterocycles. The molecule has 1 N–H and O–H groups in total. The molecule has 16 heteroatoms. The number of methoxy groups -OCH3 is 2. The molecule has 3 saturated heterocycles. The Kier molecular flexibility index (Phi) is 11.6. The Hall–Kier alpha value is -4.73. The normalized spacial score (nSPS) is 24.8. The molecule has 58 heavy (non-hydrogen) atoms. The van der Waals surface area contributed by atoms with Gasteiger partial charge in [-0.1, -0.05) is 72.8 Å². The first-order chi connectivity index (χ1) is 28.1. The van der Waals surface area contributed by atoms with Gasteiger partial charge >= 0.3 is 5.69 Å². The summed E-state index contributed by atoms with van der Waals surface area (Å²) in [4.78, 5) is 28.7. The Morgan fingerprint density at radius 3 is 2.03 bits per heavy atom. The molecule has 5 aromatic rings. The summed E-state index contributed by atoms with van der Waals surface area (Å²) in [5.41, 5.74) is -0.754. The fraction of sp³-hybridized carbons (Fsp3) is 0.333. The number of H-pyrrole nitrogens is 1. The number of benzene rings is 4. The first-order valence-corrected chi connectivity index (χ1v) is 21.7. The van der Waals surface area contributed by atoms with E-state index in [9.17, 15) is 18.0 Å². The van der Waals surface area contributed by atoms with E-state index in [1.54, 1.807) is 44.6 Å². The monoisotopic (exact) mass is 831 g/mol. The van der Waals surface area contributed by atoms with E-state index in [4.69, 9.17) is 28.0 Å². The lowest BCUT2D eigenvalue weighted by atomic mass is 9.80. The highest BCUT2D eigenvalue weighted by molar-refractivity contribution is 7.91. The zero-order chi connectivity index (χ0) is 40.4. The van der Waals surface area contributed by atoms with Crippen molar-refractivity contribution < 1.29 is 40.8 Å². The maximum absolute atomic E-state index is 17.1. The average Bonchev–Trinajstić information content (AvgIpc) is 3.95. The second-order valence-corrected chi connectivity index (χ2v) is 17.7. The third-order valence-electron chi connectivity index (χ3n) is 10.9. The molecule has 3 aliphatic heterocycles. The smallest absolute Gasteiger partial charge is 0.330 e. The van der Waals surface area contributed by atoms with Crippen LogP contribution in [0.5, 0.6) is 11.5 Å². The maximum atomic E-state index is 17.1. The van der Waals surface area contributed by atoms with E-state index in [1.807, 2.05) is 83.5 Å². The summed E-state index contributed by atoms with van der Waals surface area (Å²) in [5, 5.41) is 0. The summed E-state index contributed by atoms with van der Waals surface area (Å²) in [7, 11) is -2.58. The largest absolute Gasteiger partial charge is 0.497 e. The lowest BCUT2D eigenvalue weighted by molar-refractivity contribution is -0.0936. The van der Waals surface area contributed by atoms with Gasteiger partial charge in [-0.3, -0.25) is 4.79 Å². The van der Waals surface area contributed by atoms with Crippen LogP contribution in [-0.4, -0.2) is 86.3 Å². The molecule has 3 fully saturated rings. The number of alkyl halides is 1. The van der Waals surface area contributed by atoms with Crippen molar-refractivity contribution in [2.24, 2.45) is 0 Å². The lowest BCUT2D eigenvalue weighted by Gasteiger charge is -2.37. The Bertz CT molecular complexity index is 2330. The summed E-state index contributed by atoms with van der Waals surface area (Å²) in [5.74, 6) is 0.973. The van der Waals surface area contributed by atoms with Crippen molar-refractivity contribution in [1.82, 2.24) is 14.2 Å². The minimum atomic E-state index is -3.73. The molecular formula is C42H43FN3O10PS. The number of sulfone groups is 1. The summed E-state index contributed by atoms with van der Waals surface area (Å²) in [6.45, 7) is 0.268. The molecule has 0 unspecified atom stereocenters. The van der Waals surface area contributed by atoms with Crippen LogP contribution in [0.15, 0.2) is 136 Å². The molecule has 0 amide bonds. The highest BCUT2D eigenvalue weighted by Crippen LogP contribution is 2.58. The van der Waals surface area contributed by atoms with Crippen LogP contribution in [0.25, 0.3) is 0 Å². The molecule has 304 valence electrons. The van der Waals surface area contributed by atoms with Crippen molar-refractivity contribution in [1.29, 1.82) is 0 Å². The van der Waals surface area contributed by atoms with E-state index < -0.39 is 65.9 Å². The molecule has 13 nitrogen and oxygen atoms in total. The molecule has 0 radical (unpaired) electrons. The zero-order valence-electron chi connectivity index (χ0n) is 31.8. The van der Waals surface area contributed by atoms with Gasteiger partial charge in [-0.2, -0.15) is 0 Å². The van der Waals surface area contributed by atoms with E-state index in [2.05, 4.69) is 4.98 Å². The van der Waals surface area contributed by atoms with Gasteiger partial charge in [-0.25, -0.2) is 26.8 Å². The SMILES string of the molecule is COc1ccc(C(OC[C@H]2O[C@H](n3c(=O)cc[nH]c3=O)[C@@H](F)[C@@H]2O[P@]2O[C@H](CS(=O)(=O)c3ccccc3)[C@@H]3CCCN32)(c2ccccc2)c2ccc(OC)cc2)cc1. The third kappa shape index (κ3) is 7.63. The highest BCUT2D eigenvalue weighted by Gasteiger charge is 2.55. The predicted molar refractivity (Wildman–Crippen MR) is 213 cm³/mol. The minimum Gasteiger partial charge on any atom is -0.497 e.